The quantitative estimate of drug-likeness (QED) is 0.873. The van der Waals surface area contributed by atoms with Gasteiger partial charge in [0.1, 0.15) is 0 Å². The molecule has 1 heterocycles. The molecule has 0 saturated heterocycles. The van der Waals surface area contributed by atoms with Crippen LogP contribution >= 0.6 is 0 Å². The lowest BCUT2D eigenvalue weighted by atomic mass is 9.94. The Morgan fingerprint density at radius 2 is 1.74 bits per heavy atom. The number of carbonyl (C=O) groups is 2. The summed E-state index contributed by atoms with van der Waals surface area (Å²) in [4.78, 5) is 29.0. The maximum atomic E-state index is 12.9. The summed E-state index contributed by atoms with van der Waals surface area (Å²) in [5.74, 6) is -1.21. The highest BCUT2D eigenvalue weighted by Gasteiger charge is 2.44. The van der Waals surface area contributed by atoms with E-state index in [9.17, 15) is 14.7 Å². The van der Waals surface area contributed by atoms with Gasteiger partial charge in [0, 0.05) is 31.9 Å². The highest BCUT2D eigenvalue weighted by atomic mass is 16.3. The fourth-order valence-electron chi connectivity index (χ4n) is 3.43. The van der Waals surface area contributed by atoms with E-state index in [4.69, 9.17) is 0 Å². The zero-order valence-corrected chi connectivity index (χ0v) is 16.1. The van der Waals surface area contributed by atoms with E-state index < -0.39 is 17.7 Å². The first-order chi connectivity index (χ1) is 12.9. The number of hydrogen-bond donors (Lipinski definition) is 1. The first kappa shape index (κ1) is 18.7. The first-order valence-corrected chi connectivity index (χ1v) is 8.99. The van der Waals surface area contributed by atoms with E-state index in [1.807, 2.05) is 74.4 Å². The smallest absolute Gasteiger partial charge is 0.294 e. The van der Waals surface area contributed by atoms with Gasteiger partial charge in [0.05, 0.1) is 11.6 Å². The van der Waals surface area contributed by atoms with Gasteiger partial charge in [-0.2, -0.15) is 0 Å². The molecular weight excluding hydrogens is 340 g/mol. The van der Waals surface area contributed by atoms with Crippen molar-refractivity contribution < 1.29 is 14.7 Å². The number of amides is 1. The summed E-state index contributed by atoms with van der Waals surface area (Å²) in [6, 6.07) is 14.5. The van der Waals surface area contributed by atoms with E-state index in [1.165, 1.54) is 4.90 Å². The SMILES string of the molecule is CCC(=O)C1=C(O)C(=O)N(c2ccccc2C)C1c1ccc(N(C)C)cc1. The van der Waals surface area contributed by atoms with Gasteiger partial charge in [-0.05, 0) is 36.2 Å². The monoisotopic (exact) mass is 364 g/mol. The summed E-state index contributed by atoms with van der Waals surface area (Å²) in [5.41, 5.74) is 3.57. The standard InChI is InChI=1S/C22H24N2O3/c1-5-18(25)19-20(15-10-12-16(13-11-15)23(3)4)24(22(27)21(19)26)17-9-7-6-8-14(17)2/h6-13,20,26H,5H2,1-4H3. The minimum absolute atomic E-state index is 0.170. The highest BCUT2D eigenvalue weighted by molar-refractivity contribution is 6.16. The van der Waals surface area contributed by atoms with Crippen LogP contribution in [0.3, 0.4) is 0 Å². The number of ketones is 1. The van der Waals surface area contributed by atoms with E-state index in [-0.39, 0.29) is 17.8 Å². The second kappa shape index (κ2) is 7.27. The molecule has 3 rings (SSSR count). The summed E-state index contributed by atoms with van der Waals surface area (Å²) < 4.78 is 0. The van der Waals surface area contributed by atoms with Gasteiger partial charge in [0.15, 0.2) is 11.5 Å². The molecule has 0 aliphatic carbocycles. The molecule has 1 atom stereocenters. The Balaban J connectivity index is 2.17. The van der Waals surface area contributed by atoms with Crippen molar-refractivity contribution in [2.24, 2.45) is 0 Å². The molecule has 1 aliphatic rings. The predicted molar refractivity (Wildman–Crippen MR) is 107 cm³/mol. The second-order valence-corrected chi connectivity index (χ2v) is 6.89. The normalized spacial score (nSPS) is 16.8. The Morgan fingerprint density at radius 3 is 2.30 bits per heavy atom. The Bertz CT molecular complexity index is 913. The van der Waals surface area contributed by atoms with Crippen molar-refractivity contribution in [3.05, 3.63) is 71.0 Å². The molecule has 0 aromatic heterocycles. The van der Waals surface area contributed by atoms with Gasteiger partial charge in [-0.1, -0.05) is 37.3 Å². The van der Waals surface area contributed by atoms with Crippen LogP contribution in [-0.4, -0.2) is 30.9 Å². The zero-order chi connectivity index (χ0) is 19.7. The number of rotatable bonds is 5. The van der Waals surface area contributed by atoms with Crippen LogP contribution in [0.15, 0.2) is 59.9 Å². The Hall–Kier alpha value is -3.08. The first-order valence-electron chi connectivity index (χ1n) is 8.99. The molecule has 2 aromatic carbocycles. The summed E-state index contributed by atoms with van der Waals surface area (Å²) in [7, 11) is 3.90. The lowest BCUT2D eigenvalue weighted by molar-refractivity contribution is -0.118. The van der Waals surface area contributed by atoms with Gasteiger partial charge in [-0.15, -0.1) is 0 Å². The van der Waals surface area contributed by atoms with Crippen molar-refractivity contribution in [1.29, 1.82) is 0 Å². The van der Waals surface area contributed by atoms with Gasteiger partial charge in [-0.25, -0.2) is 0 Å². The van der Waals surface area contributed by atoms with Crippen LogP contribution in [0.1, 0.15) is 30.5 Å². The van der Waals surface area contributed by atoms with E-state index in [0.717, 1.165) is 16.8 Å². The number of carbonyl (C=O) groups excluding carboxylic acids is 2. The molecule has 1 aliphatic heterocycles. The number of aliphatic hydroxyl groups is 1. The second-order valence-electron chi connectivity index (χ2n) is 6.89. The Kier molecular flexibility index (Phi) is 5.04. The zero-order valence-electron chi connectivity index (χ0n) is 16.1. The van der Waals surface area contributed by atoms with Crippen LogP contribution in [-0.2, 0) is 9.59 Å². The molecule has 27 heavy (non-hydrogen) atoms. The minimum Gasteiger partial charge on any atom is -0.503 e. The minimum atomic E-state index is -0.637. The lowest BCUT2D eigenvalue weighted by Crippen LogP contribution is -2.31. The average Bonchev–Trinajstić information content (AvgIpc) is 2.93. The maximum absolute atomic E-state index is 12.9. The van der Waals surface area contributed by atoms with E-state index in [0.29, 0.717) is 5.69 Å². The molecule has 1 amide bonds. The van der Waals surface area contributed by atoms with Gasteiger partial charge >= 0.3 is 0 Å². The fourth-order valence-corrected chi connectivity index (χ4v) is 3.43. The number of benzene rings is 2. The molecule has 0 saturated carbocycles. The van der Waals surface area contributed by atoms with Gasteiger partial charge < -0.3 is 10.0 Å². The maximum Gasteiger partial charge on any atom is 0.294 e. The van der Waals surface area contributed by atoms with E-state index in [2.05, 4.69) is 0 Å². The van der Waals surface area contributed by atoms with E-state index >= 15 is 0 Å². The molecule has 0 bridgehead atoms. The van der Waals surface area contributed by atoms with Crippen LogP contribution in [0.2, 0.25) is 0 Å². The molecule has 5 nitrogen and oxygen atoms in total. The number of Topliss-reactive ketones (excluding diaryl/α,β-unsaturated/α-hetero) is 1. The van der Waals surface area contributed by atoms with Gasteiger partial charge in [0.2, 0.25) is 0 Å². The molecule has 140 valence electrons. The summed E-state index contributed by atoms with van der Waals surface area (Å²) in [5, 5.41) is 10.5. The number of aliphatic hydroxyl groups excluding tert-OH is 1. The van der Waals surface area contributed by atoms with Crippen LogP contribution in [0.4, 0.5) is 11.4 Å². The van der Waals surface area contributed by atoms with Crippen molar-refractivity contribution in [2.75, 3.05) is 23.9 Å². The molecule has 0 radical (unpaired) electrons. The molecule has 0 spiro atoms. The average molecular weight is 364 g/mol. The van der Waals surface area contributed by atoms with E-state index in [1.54, 1.807) is 6.92 Å². The fraction of sp³-hybridized carbons (Fsp3) is 0.273. The number of anilines is 2. The van der Waals surface area contributed by atoms with Crippen LogP contribution < -0.4 is 9.80 Å². The van der Waals surface area contributed by atoms with Crippen molar-refractivity contribution in [3.63, 3.8) is 0 Å². The Labute approximate surface area is 159 Å². The summed E-state index contributed by atoms with van der Waals surface area (Å²) in [6.07, 6.45) is 0.223. The van der Waals surface area contributed by atoms with Gasteiger partial charge in [0.25, 0.3) is 5.91 Å². The molecule has 0 fully saturated rings. The van der Waals surface area contributed by atoms with Crippen LogP contribution in [0.25, 0.3) is 0 Å². The number of para-hydroxylation sites is 1. The molecule has 5 heteroatoms. The lowest BCUT2D eigenvalue weighted by Gasteiger charge is -2.28. The number of hydrogen-bond acceptors (Lipinski definition) is 4. The molecular formula is C22H24N2O3. The largest absolute Gasteiger partial charge is 0.503 e. The van der Waals surface area contributed by atoms with Crippen molar-refractivity contribution in [2.45, 2.75) is 26.3 Å². The third-order valence-electron chi connectivity index (χ3n) is 4.93. The van der Waals surface area contributed by atoms with Crippen molar-refractivity contribution in [1.82, 2.24) is 0 Å². The van der Waals surface area contributed by atoms with Crippen LogP contribution in [0.5, 0.6) is 0 Å². The third-order valence-corrected chi connectivity index (χ3v) is 4.93. The molecule has 1 unspecified atom stereocenters. The summed E-state index contributed by atoms with van der Waals surface area (Å²) >= 11 is 0. The molecule has 2 aromatic rings. The topological polar surface area (TPSA) is 60.9 Å². The predicted octanol–water partition coefficient (Wildman–Crippen LogP) is 3.94. The van der Waals surface area contributed by atoms with Gasteiger partial charge in [-0.3, -0.25) is 14.5 Å². The number of nitrogens with zero attached hydrogens (tertiary/aromatic N) is 2. The number of aryl methyl sites for hydroxylation is 1. The van der Waals surface area contributed by atoms with Crippen molar-refractivity contribution in [3.8, 4) is 0 Å². The third kappa shape index (κ3) is 3.21. The summed E-state index contributed by atoms with van der Waals surface area (Å²) in [6.45, 7) is 3.64. The Morgan fingerprint density at radius 1 is 1.11 bits per heavy atom. The van der Waals surface area contributed by atoms with Crippen LogP contribution in [0, 0.1) is 6.92 Å². The highest BCUT2D eigenvalue weighted by Crippen LogP contribution is 2.42. The molecule has 1 N–H and O–H groups in total. The van der Waals surface area contributed by atoms with Crippen molar-refractivity contribution >= 4 is 23.1 Å².